The van der Waals surface area contributed by atoms with Gasteiger partial charge in [-0.15, -0.1) is 0 Å². The molecule has 0 fully saturated rings. The number of rotatable bonds is 6. The van der Waals surface area contributed by atoms with E-state index in [2.05, 4.69) is 149 Å². The molecule has 0 aliphatic heterocycles. The smallest absolute Gasteiger partial charge is 0.0490 e. The molecule has 1 heteroatoms. The molecule has 5 rings (SSSR count). The molecule has 0 saturated heterocycles. The van der Waals surface area contributed by atoms with Crippen molar-refractivity contribution in [1.82, 2.24) is 0 Å². The van der Waals surface area contributed by atoms with E-state index in [1.165, 1.54) is 56.0 Å². The molecule has 4 aromatic carbocycles. The Kier molecular flexibility index (Phi) is 6.89. The van der Waals surface area contributed by atoms with Crippen LogP contribution in [0.5, 0.6) is 0 Å². The van der Waals surface area contributed by atoms with Gasteiger partial charge in [0.2, 0.25) is 0 Å². The number of aryl methyl sites for hydroxylation is 1. The quantitative estimate of drug-likeness (QED) is 0.264. The lowest BCUT2D eigenvalue weighted by Crippen LogP contribution is -2.27. The number of fused-ring (bicyclic) bond motifs is 1. The summed E-state index contributed by atoms with van der Waals surface area (Å²) in [6.45, 7) is 11.4. The molecule has 0 aromatic heterocycles. The van der Waals surface area contributed by atoms with Crippen LogP contribution in [0.2, 0.25) is 0 Å². The Balaban J connectivity index is 1.62. The van der Waals surface area contributed by atoms with Crippen molar-refractivity contribution in [3.05, 3.63) is 137 Å². The predicted octanol–water partition coefficient (Wildman–Crippen LogP) is 10.2. The Hall–Kier alpha value is -3.84. The molecule has 4 aromatic rings. The van der Waals surface area contributed by atoms with Crippen molar-refractivity contribution in [2.75, 3.05) is 4.90 Å². The van der Waals surface area contributed by atoms with Crippen LogP contribution >= 0.6 is 0 Å². The molecule has 1 aliphatic carbocycles. The molecule has 0 bridgehead atoms. The molecule has 0 N–H and O–H groups in total. The van der Waals surface area contributed by atoms with Gasteiger partial charge in [-0.25, -0.2) is 0 Å². The average Bonchev–Trinajstić information content (AvgIpc) is 2.91. The van der Waals surface area contributed by atoms with Crippen LogP contribution in [0.3, 0.4) is 0 Å². The Morgan fingerprint density at radius 3 is 2.11 bits per heavy atom. The molecular weight excluding hydrogens is 446 g/mol. The van der Waals surface area contributed by atoms with Crippen LogP contribution in [0.4, 0.5) is 17.1 Å². The molecule has 186 valence electrons. The third-order valence-electron chi connectivity index (χ3n) is 7.72. The molecule has 0 amide bonds. The highest BCUT2D eigenvalue weighted by molar-refractivity contribution is 5.80. The van der Waals surface area contributed by atoms with E-state index in [1.54, 1.807) is 0 Å². The van der Waals surface area contributed by atoms with Crippen molar-refractivity contribution in [3.63, 3.8) is 0 Å². The van der Waals surface area contributed by atoms with Crippen molar-refractivity contribution >= 4 is 17.1 Å². The van der Waals surface area contributed by atoms with Gasteiger partial charge in [0, 0.05) is 22.5 Å². The minimum Gasteiger partial charge on any atom is -0.310 e. The van der Waals surface area contributed by atoms with Crippen LogP contribution < -0.4 is 4.90 Å². The zero-order valence-electron chi connectivity index (χ0n) is 22.8. The van der Waals surface area contributed by atoms with Gasteiger partial charge in [0.15, 0.2) is 0 Å². The summed E-state index contributed by atoms with van der Waals surface area (Å²) in [5.41, 5.74) is 13.0. The van der Waals surface area contributed by atoms with E-state index in [1.807, 2.05) is 0 Å². The Morgan fingerprint density at radius 2 is 1.41 bits per heavy atom. The van der Waals surface area contributed by atoms with Crippen molar-refractivity contribution in [1.29, 1.82) is 0 Å². The summed E-state index contributed by atoms with van der Waals surface area (Å²) < 4.78 is 0. The van der Waals surface area contributed by atoms with Gasteiger partial charge in [0.25, 0.3) is 0 Å². The second-order valence-corrected chi connectivity index (χ2v) is 10.7. The minimum atomic E-state index is -0.0477. The second kappa shape index (κ2) is 10.3. The monoisotopic (exact) mass is 483 g/mol. The summed E-state index contributed by atoms with van der Waals surface area (Å²) in [5.74, 6) is 0. The second-order valence-electron chi connectivity index (χ2n) is 10.7. The van der Waals surface area contributed by atoms with Gasteiger partial charge in [-0.1, -0.05) is 105 Å². The SMILES string of the molecule is CC/C=C\C1=C(C)Cc2ccc(N(c3ccc(-c4ccccc4)cc3)c3ccccc3C)cc2C1(C)C. The summed E-state index contributed by atoms with van der Waals surface area (Å²) in [6.07, 6.45) is 6.72. The van der Waals surface area contributed by atoms with E-state index in [0.29, 0.717) is 0 Å². The van der Waals surface area contributed by atoms with Gasteiger partial charge in [0.05, 0.1) is 0 Å². The van der Waals surface area contributed by atoms with Gasteiger partial charge >= 0.3 is 0 Å². The number of benzene rings is 4. The van der Waals surface area contributed by atoms with E-state index in [0.717, 1.165) is 12.8 Å². The van der Waals surface area contributed by atoms with Crippen molar-refractivity contribution < 1.29 is 0 Å². The first-order valence-corrected chi connectivity index (χ1v) is 13.4. The molecule has 0 atom stereocenters. The molecular formula is C36H37N. The number of anilines is 3. The molecule has 0 unspecified atom stereocenters. The summed E-state index contributed by atoms with van der Waals surface area (Å²) >= 11 is 0. The normalized spacial score (nSPS) is 14.6. The van der Waals surface area contributed by atoms with Crippen LogP contribution in [0.1, 0.15) is 50.8 Å². The van der Waals surface area contributed by atoms with Gasteiger partial charge in [-0.2, -0.15) is 0 Å². The third kappa shape index (κ3) is 4.79. The number of allylic oxidation sites excluding steroid dienone is 4. The Labute approximate surface area is 222 Å². The molecule has 0 radical (unpaired) electrons. The maximum absolute atomic E-state index is 2.43. The first kappa shape index (κ1) is 24.8. The summed E-state index contributed by atoms with van der Waals surface area (Å²) in [4.78, 5) is 2.41. The summed E-state index contributed by atoms with van der Waals surface area (Å²) in [6, 6.07) is 35.3. The van der Waals surface area contributed by atoms with Crippen LogP contribution in [0.25, 0.3) is 11.1 Å². The lowest BCUT2D eigenvalue weighted by Gasteiger charge is -2.37. The fourth-order valence-corrected chi connectivity index (χ4v) is 5.76. The highest BCUT2D eigenvalue weighted by atomic mass is 15.1. The number of nitrogens with zero attached hydrogens (tertiary/aromatic N) is 1. The fourth-order valence-electron chi connectivity index (χ4n) is 5.76. The number of para-hydroxylation sites is 1. The molecule has 1 nitrogen and oxygen atoms in total. The van der Waals surface area contributed by atoms with E-state index in [9.17, 15) is 0 Å². The molecule has 0 saturated carbocycles. The van der Waals surface area contributed by atoms with Gasteiger partial charge in [0.1, 0.15) is 0 Å². The van der Waals surface area contributed by atoms with Crippen LogP contribution in [0.15, 0.2) is 120 Å². The Morgan fingerprint density at radius 1 is 0.757 bits per heavy atom. The topological polar surface area (TPSA) is 3.24 Å². The van der Waals surface area contributed by atoms with E-state index >= 15 is 0 Å². The first-order chi connectivity index (χ1) is 17.9. The van der Waals surface area contributed by atoms with E-state index in [4.69, 9.17) is 0 Å². The molecule has 1 aliphatic rings. The molecule has 0 heterocycles. The summed E-state index contributed by atoms with van der Waals surface area (Å²) in [7, 11) is 0. The van der Waals surface area contributed by atoms with Crippen LogP contribution in [-0.4, -0.2) is 0 Å². The minimum absolute atomic E-state index is 0.0477. The van der Waals surface area contributed by atoms with Crippen LogP contribution in [-0.2, 0) is 11.8 Å². The van der Waals surface area contributed by atoms with Gasteiger partial charge < -0.3 is 4.90 Å². The summed E-state index contributed by atoms with van der Waals surface area (Å²) in [5, 5.41) is 0. The third-order valence-corrected chi connectivity index (χ3v) is 7.72. The highest BCUT2D eigenvalue weighted by Gasteiger charge is 2.32. The average molecular weight is 484 g/mol. The van der Waals surface area contributed by atoms with Crippen molar-refractivity contribution in [3.8, 4) is 11.1 Å². The lowest BCUT2D eigenvalue weighted by molar-refractivity contribution is 0.606. The standard InChI is InChI=1S/C36H37N/c1-6-7-16-33-27(3)24-30-20-23-32(25-34(30)36(33,4)5)37(35-17-12-11-13-26(35)2)31-21-18-29(19-22-31)28-14-9-8-10-15-28/h7-23,25H,6,24H2,1-5H3/b16-7-. The fraction of sp³-hybridized carbons (Fsp3) is 0.222. The van der Waals surface area contributed by atoms with E-state index < -0.39 is 0 Å². The Bertz CT molecular complexity index is 1450. The maximum atomic E-state index is 2.43. The lowest BCUT2D eigenvalue weighted by atomic mass is 9.68. The zero-order valence-corrected chi connectivity index (χ0v) is 22.8. The highest BCUT2D eigenvalue weighted by Crippen LogP contribution is 2.45. The zero-order chi connectivity index (χ0) is 26.0. The maximum Gasteiger partial charge on any atom is 0.0490 e. The molecule has 37 heavy (non-hydrogen) atoms. The molecule has 0 spiro atoms. The van der Waals surface area contributed by atoms with E-state index in [-0.39, 0.29) is 5.41 Å². The van der Waals surface area contributed by atoms with Gasteiger partial charge in [-0.05, 0) is 90.4 Å². The van der Waals surface area contributed by atoms with Crippen molar-refractivity contribution in [2.45, 2.75) is 52.9 Å². The largest absolute Gasteiger partial charge is 0.310 e. The van der Waals surface area contributed by atoms with Crippen LogP contribution in [0, 0.1) is 6.92 Å². The number of hydrogen-bond donors (Lipinski definition) is 0. The number of hydrogen-bond acceptors (Lipinski definition) is 1. The van der Waals surface area contributed by atoms with Gasteiger partial charge in [-0.3, -0.25) is 0 Å². The first-order valence-electron chi connectivity index (χ1n) is 13.4. The van der Waals surface area contributed by atoms with Crippen molar-refractivity contribution in [2.24, 2.45) is 0 Å². The predicted molar refractivity (Wildman–Crippen MR) is 160 cm³/mol.